The van der Waals surface area contributed by atoms with E-state index in [1.165, 1.54) is 0 Å². The van der Waals surface area contributed by atoms with Gasteiger partial charge in [-0.15, -0.1) is 0 Å². The number of aryl methyl sites for hydroxylation is 1. The fourth-order valence-corrected chi connectivity index (χ4v) is 3.27. The van der Waals surface area contributed by atoms with E-state index in [9.17, 15) is 4.79 Å². The van der Waals surface area contributed by atoms with Gasteiger partial charge in [0.15, 0.2) is 5.76 Å². The smallest absolute Gasteiger partial charge is 0.291 e. The van der Waals surface area contributed by atoms with Crippen molar-refractivity contribution in [2.75, 3.05) is 5.32 Å². The minimum Gasteiger partial charge on any atom is -0.451 e. The summed E-state index contributed by atoms with van der Waals surface area (Å²) in [7, 11) is 0. The van der Waals surface area contributed by atoms with Gasteiger partial charge in [0.1, 0.15) is 5.76 Å². The molecule has 0 radical (unpaired) electrons. The van der Waals surface area contributed by atoms with Crippen LogP contribution in [0.1, 0.15) is 16.1 Å². The third-order valence-electron chi connectivity index (χ3n) is 3.46. The standard InChI is InChI=1S/C18H12Cl2INO2/c1-10-8-12(21)3-5-15(10)22-18(23)17-7-6-16(24-17)13-9-11(19)2-4-14(13)20/h2-9H,1H3,(H,22,23). The lowest BCUT2D eigenvalue weighted by Crippen LogP contribution is -2.11. The molecule has 1 amide bonds. The number of anilines is 1. The van der Waals surface area contributed by atoms with Crippen LogP contribution in [-0.2, 0) is 0 Å². The average Bonchev–Trinajstić information content (AvgIpc) is 3.02. The number of furan rings is 1. The number of carbonyl (C=O) groups excluding carboxylic acids is 1. The van der Waals surface area contributed by atoms with Crippen molar-refractivity contribution in [3.63, 3.8) is 0 Å². The van der Waals surface area contributed by atoms with Crippen LogP contribution >= 0.6 is 45.8 Å². The van der Waals surface area contributed by atoms with Gasteiger partial charge < -0.3 is 9.73 Å². The van der Waals surface area contributed by atoms with Crippen LogP contribution in [0.25, 0.3) is 11.3 Å². The molecule has 3 nitrogen and oxygen atoms in total. The second-order valence-electron chi connectivity index (χ2n) is 5.20. The summed E-state index contributed by atoms with van der Waals surface area (Å²) in [6, 6.07) is 14.2. The largest absolute Gasteiger partial charge is 0.451 e. The van der Waals surface area contributed by atoms with Crippen molar-refractivity contribution in [2.45, 2.75) is 6.92 Å². The Morgan fingerprint density at radius 2 is 1.88 bits per heavy atom. The summed E-state index contributed by atoms with van der Waals surface area (Å²) in [6.07, 6.45) is 0. The molecule has 122 valence electrons. The normalized spacial score (nSPS) is 10.7. The Labute approximate surface area is 163 Å². The number of hydrogen-bond acceptors (Lipinski definition) is 2. The highest BCUT2D eigenvalue weighted by molar-refractivity contribution is 14.1. The van der Waals surface area contributed by atoms with Gasteiger partial charge in [0.25, 0.3) is 5.91 Å². The first-order chi connectivity index (χ1) is 11.4. The van der Waals surface area contributed by atoms with Gasteiger partial charge >= 0.3 is 0 Å². The molecule has 3 aromatic rings. The second kappa shape index (κ2) is 7.17. The SMILES string of the molecule is Cc1cc(I)ccc1NC(=O)c1ccc(-c2cc(Cl)ccc2Cl)o1. The van der Waals surface area contributed by atoms with Crippen LogP contribution in [0.15, 0.2) is 52.9 Å². The quantitative estimate of drug-likeness (QED) is 0.448. The number of rotatable bonds is 3. The molecule has 1 N–H and O–H groups in total. The number of hydrogen-bond donors (Lipinski definition) is 1. The third-order valence-corrected chi connectivity index (χ3v) is 4.70. The van der Waals surface area contributed by atoms with E-state index >= 15 is 0 Å². The van der Waals surface area contributed by atoms with E-state index in [0.29, 0.717) is 21.4 Å². The van der Waals surface area contributed by atoms with Crippen molar-refractivity contribution in [2.24, 2.45) is 0 Å². The summed E-state index contributed by atoms with van der Waals surface area (Å²) >= 11 is 14.4. The highest BCUT2D eigenvalue weighted by Gasteiger charge is 2.15. The molecule has 0 atom stereocenters. The van der Waals surface area contributed by atoms with E-state index in [2.05, 4.69) is 27.9 Å². The molecule has 0 fully saturated rings. The van der Waals surface area contributed by atoms with E-state index in [4.69, 9.17) is 27.6 Å². The van der Waals surface area contributed by atoms with Crippen LogP contribution in [0, 0.1) is 10.5 Å². The van der Waals surface area contributed by atoms with E-state index in [0.717, 1.165) is 14.8 Å². The molecule has 0 aliphatic heterocycles. The van der Waals surface area contributed by atoms with Crippen molar-refractivity contribution in [3.05, 3.63) is 73.5 Å². The number of halogens is 3. The van der Waals surface area contributed by atoms with E-state index in [1.807, 2.05) is 25.1 Å². The summed E-state index contributed by atoms with van der Waals surface area (Å²) in [5.41, 5.74) is 2.38. The van der Waals surface area contributed by atoms with Gasteiger partial charge in [0.05, 0.1) is 5.02 Å². The Bertz CT molecular complexity index is 921. The predicted octanol–water partition coefficient (Wildman–Crippen LogP) is 6.42. The Kier molecular flexibility index (Phi) is 5.18. The lowest BCUT2D eigenvalue weighted by Gasteiger charge is -2.07. The molecule has 0 saturated carbocycles. The third kappa shape index (κ3) is 3.77. The maximum atomic E-state index is 12.4. The molecular weight excluding hydrogens is 460 g/mol. The molecule has 3 rings (SSSR count). The predicted molar refractivity (Wildman–Crippen MR) is 106 cm³/mol. The van der Waals surface area contributed by atoms with E-state index in [1.54, 1.807) is 30.3 Å². The van der Waals surface area contributed by atoms with Crippen molar-refractivity contribution < 1.29 is 9.21 Å². The summed E-state index contributed by atoms with van der Waals surface area (Å²) in [5.74, 6) is 0.384. The highest BCUT2D eigenvalue weighted by Crippen LogP contribution is 2.32. The first kappa shape index (κ1) is 17.3. The lowest BCUT2D eigenvalue weighted by molar-refractivity contribution is 0.0997. The Morgan fingerprint density at radius 1 is 1.08 bits per heavy atom. The first-order valence-electron chi connectivity index (χ1n) is 7.07. The van der Waals surface area contributed by atoms with Gasteiger partial charge in [-0.2, -0.15) is 0 Å². The summed E-state index contributed by atoms with van der Waals surface area (Å²) in [5, 5.41) is 3.91. The van der Waals surface area contributed by atoms with Crippen LogP contribution in [-0.4, -0.2) is 5.91 Å². The molecule has 0 unspecified atom stereocenters. The highest BCUT2D eigenvalue weighted by atomic mass is 127. The van der Waals surface area contributed by atoms with Gasteiger partial charge in [0, 0.05) is 19.8 Å². The summed E-state index contributed by atoms with van der Waals surface area (Å²) < 4.78 is 6.76. The molecule has 2 aromatic carbocycles. The fourth-order valence-electron chi connectivity index (χ4n) is 2.24. The Morgan fingerprint density at radius 3 is 2.62 bits per heavy atom. The monoisotopic (exact) mass is 471 g/mol. The molecule has 0 spiro atoms. The topological polar surface area (TPSA) is 42.2 Å². The van der Waals surface area contributed by atoms with Gasteiger partial charge in [-0.1, -0.05) is 23.2 Å². The number of nitrogens with one attached hydrogen (secondary N) is 1. The van der Waals surface area contributed by atoms with E-state index < -0.39 is 0 Å². The fraction of sp³-hybridized carbons (Fsp3) is 0.0556. The summed E-state index contributed by atoms with van der Waals surface area (Å²) in [4.78, 5) is 12.4. The first-order valence-corrected chi connectivity index (χ1v) is 8.90. The second-order valence-corrected chi connectivity index (χ2v) is 7.29. The van der Waals surface area contributed by atoms with Crippen molar-refractivity contribution in [1.29, 1.82) is 0 Å². The molecule has 1 heterocycles. The zero-order chi connectivity index (χ0) is 17.3. The lowest BCUT2D eigenvalue weighted by atomic mass is 10.2. The minimum atomic E-state index is -0.316. The molecule has 0 bridgehead atoms. The minimum absolute atomic E-state index is 0.207. The number of benzene rings is 2. The average molecular weight is 472 g/mol. The van der Waals surface area contributed by atoms with Crippen LogP contribution in [0.3, 0.4) is 0 Å². The molecule has 24 heavy (non-hydrogen) atoms. The maximum Gasteiger partial charge on any atom is 0.291 e. The van der Waals surface area contributed by atoms with Crippen LogP contribution in [0.5, 0.6) is 0 Å². The van der Waals surface area contributed by atoms with E-state index in [-0.39, 0.29) is 11.7 Å². The Balaban J connectivity index is 1.85. The van der Waals surface area contributed by atoms with Crippen molar-refractivity contribution >= 4 is 57.4 Å². The van der Waals surface area contributed by atoms with Gasteiger partial charge in [-0.3, -0.25) is 4.79 Å². The molecule has 6 heteroatoms. The van der Waals surface area contributed by atoms with Crippen molar-refractivity contribution in [1.82, 2.24) is 0 Å². The molecular formula is C18H12Cl2INO2. The van der Waals surface area contributed by atoms with Gasteiger partial charge in [0.2, 0.25) is 0 Å². The van der Waals surface area contributed by atoms with Crippen molar-refractivity contribution in [3.8, 4) is 11.3 Å². The summed E-state index contributed by atoms with van der Waals surface area (Å²) in [6.45, 7) is 1.94. The maximum absolute atomic E-state index is 12.4. The molecule has 0 saturated heterocycles. The van der Waals surface area contributed by atoms with Crippen LogP contribution < -0.4 is 5.32 Å². The molecule has 0 aliphatic carbocycles. The number of carbonyl (C=O) groups is 1. The molecule has 0 aliphatic rings. The van der Waals surface area contributed by atoms with Gasteiger partial charge in [-0.25, -0.2) is 0 Å². The molecule has 1 aromatic heterocycles. The van der Waals surface area contributed by atoms with Crippen LogP contribution in [0.2, 0.25) is 10.0 Å². The number of amides is 1. The zero-order valence-electron chi connectivity index (χ0n) is 12.6. The van der Waals surface area contributed by atoms with Gasteiger partial charge in [-0.05, 0) is 83.6 Å². The van der Waals surface area contributed by atoms with Crippen LogP contribution in [0.4, 0.5) is 5.69 Å². The zero-order valence-corrected chi connectivity index (χ0v) is 16.2. The Hall–Kier alpha value is -1.50.